The van der Waals surface area contributed by atoms with Crippen LogP contribution in [0.3, 0.4) is 0 Å². The van der Waals surface area contributed by atoms with E-state index in [9.17, 15) is 4.79 Å². The van der Waals surface area contributed by atoms with Crippen molar-refractivity contribution in [1.82, 2.24) is 0 Å². The Bertz CT molecular complexity index is 661. The van der Waals surface area contributed by atoms with E-state index in [0.717, 1.165) is 11.4 Å². The highest BCUT2D eigenvalue weighted by molar-refractivity contribution is 5.91. The SMILES string of the molecule is CC(C)COc1ccc(NC(=O)COc2ccc(C(C)C)cc2)cc1. The lowest BCUT2D eigenvalue weighted by molar-refractivity contribution is -0.118. The van der Waals surface area contributed by atoms with E-state index in [0.29, 0.717) is 24.2 Å². The van der Waals surface area contributed by atoms with Gasteiger partial charge in [-0.2, -0.15) is 0 Å². The number of hydrogen-bond acceptors (Lipinski definition) is 3. The summed E-state index contributed by atoms with van der Waals surface area (Å²) >= 11 is 0. The van der Waals surface area contributed by atoms with Gasteiger partial charge in [0.15, 0.2) is 6.61 Å². The van der Waals surface area contributed by atoms with Crippen molar-refractivity contribution in [1.29, 1.82) is 0 Å². The van der Waals surface area contributed by atoms with Gasteiger partial charge in [0.25, 0.3) is 5.91 Å². The van der Waals surface area contributed by atoms with Crippen molar-refractivity contribution < 1.29 is 14.3 Å². The number of carbonyl (C=O) groups is 1. The lowest BCUT2D eigenvalue weighted by Crippen LogP contribution is -2.20. The third-order valence-electron chi connectivity index (χ3n) is 3.64. The molecule has 1 amide bonds. The van der Waals surface area contributed by atoms with Crippen LogP contribution in [0.5, 0.6) is 11.5 Å². The van der Waals surface area contributed by atoms with Gasteiger partial charge in [0.05, 0.1) is 6.61 Å². The fourth-order valence-electron chi connectivity index (χ4n) is 2.19. The van der Waals surface area contributed by atoms with Crippen molar-refractivity contribution in [2.75, 3.05) is 18.5 Å². The van der Waals surface area contributed by atoms with Crippen molar-refractivity contribution in [2.45, 2.75) is 33.6 Å². The van der Waals surface area contributed by atoms with Gasteiger partial charge >= 0.3 is 0 Å². The Kier molecular flexibility index (Phi) is 6.87. The molecular formula is C21H27NO3. The summed E-state index contributed by atoms with van der Waals surface area (Å²) in [6, 6.07) is 15.2. The average Bonchev–Trinajstić information content (AvgIpc) is 2.59. The first kappa shape index (κ1) is 18.8. The van der Waals surface area contributed by atoms with Gasteiger partial charge < -0.3 is 14.8 Å². The van der Waals surface area contributed by atoms with Crippen molar-refractivity contribution >= 4 is 11.6 Å². The second-order valence-corrected chi connectivity index (χ2v) is 6.79. The fraction of sp³-hybridized carbons (Fsp3) is 0.381. The fourth-order valence-corrected chi connectivity index (χ4v) is 2.19. The van der Waals surface area contributed by atoms with E-state index < -0.39 is 0 Å². The molecule has 0 saturated heterocycles. The normalized spacial score (nSPS) is 10.8. The van der Waals surface area contributed by atoms with E-state index in [1.165, 1.54) is 5.56 Å². The minimum absolute atomic E-state index is 0.0212. The lowest BCUT2D eigenvalue weighted by atomic mass is 10.0. The highest BCUT2D eigenvalue weighted by Gasteiger charge is 2.05. The van der Waals surface area contributed by atoms with Crippen LogP contribution in [0.2, 0.25) is 0 Å². The number of ether oxygens (including phenoxy) is 2. The van der Waals surface area contributed by atoms with E-state index in [-0.39, 0.29) is 12.5 Å². The molecule has 0 bridgehead atoms. The molecule has 0 radical (unpaired) electrons. The molecule has 0 atom stereocenters. The number of carbonyl (C=O) groups excluding carboxylic acids is 1. The lowest BCUT2D eigenvalue weighted by Gasteiger charge is -2.11. The van der Waals surface area contributed by atoms with Crippen LogP contribution in [-0.4, -0.2) is 19.1 Å². The molecule has 2 aromatic carbocycles. The Morgan fingerprint density at radius 3 is 2.00 bits per heavy atom. The molecule has 4 heteroatoms. The molecule has 0 aliphatic rings. The predicted molar refractivity (Wildman–Crippen MR) is 101 cm³/mol. The molecule has 0 unspecified atom stereocenters. The molecule has 0 aliphatic heterocycles. The number of nitrogens with one attached hydrogen (secondary N) is 1. The molecule has 1 N–H and O–H groups in total. The Labute approximate surface area is 150 Å². The van der Waals surface area contributed by atoms with Crippen LogP contribution in [0.4, 0.5) is 5.69 Å². The molecule has 0 saturated carbocycles. The quantitative estimate of drug-likeness (QED) is 0.746. The zero-order valence-electron chi connectivity index (χ0n) is 15.4. The van der Waals surface area contributed by atoms with Crippen molar-refractivity contribution in [3.63, 3.8) is 0 Å². The summed E-state index contributed by atoms with van der Waals surface area (Å²) in [7, 11) is 0. The van der Waals surface area contributed by atoms with Gasteiger partial charge in [0, 0.05) is 5.69 Å². The summed E-state index contributed by atoms with van der Waals surface area (Å²) in [5, 5.41) is 2.81. The van der Waals surface area contributed by atoms with Gasteiger partial charge in [-0.15, -0.1) is 0 Å². The number of amides is 1. The molecule has 25 heavy (non-hydrogen) atoms. The van der Waals surface area contributed by atoms with E-state index in [1.54, 1.807) is 0 Å². The van der Waals surface area contributed by atoms with Gasteiger partial charge in [-0.05, 0) is 53.8 Å². The molecule has 2 rings (SSSR count). The molecule has 0 spiro atoms. The van der Waals surface area contributed by atoms with Crippen LogP contribution in [0.25, 0.3) is 0 Å². The average molecular weight is 341 g/mol. The van der Waals surface area contributed by atoms with Gasteiger partial charge in [-0.3, -0.25) is 4.79 Å². The van der Waals surface area contributed by atoms with Gasteiger partial charge in [0.1, 0.15) is 11.5 Å². The summed E-state index contributed by atoms with van der Waals surface area (Å²) in [5.74, 6) is 2.25. The van der Waals surface area contributed by atoms with Crippen LogP contribution >= 0.6 is 0 Å². The highest BCUT2D eigenvalue weighted by Crippen LogP contribution is 2.19. The van der Waals surface area contributed by atoms with E-state index in [4.69, 9.17) is 9.47 Å². The maximum absolute atomic E-state index is 12.0. The molecule has 0 heterocycles. The van der Waals surface area contributed by atoms with E-state index >= 15 is 0 Å². The second kappa shape index (κ2) is 9.11. The first-order valence-electron chi connectivity index (χ1n) is 8.69. The van der Waals surface area contributed by atoms with Crippen molar-refractivity contribution in [3.8, 4) is 11.5 Å². The summed E-state index contributed by atoms with van der Waals surface area (Å²) in [6.45, 7) is 9.14. The summed E-state index contributed by atoms with van der Waals surface area (Å²) in [6.07, 6.45) is 0. The molecule has 134 valence electrons. The molecule has 0 fully saturated rings. The maximum atomic E-state index is 12.0. The minimum atomic E-state index is -0.191. The monoisotopic (exact) mass is 341 g/mol. The van der Waals surface area contributed by atoms with E-state index in [1.807, 2.05) is 48.5 Å². The Balaban J connectivity index is 1.79. The first-order valence-corrected chi connectivity index (χ1v) is 8.69. The summed E-state index contributed by atoms with van der Waals surface area (Å²) < 4.78 is 11.1. The predicted octanol–water partition coefficient (Wildman–Crippen LogP) is 4.86. The maximum Gasteiger partial charge on any atom is 0.262 e. The van der Waals surface area contributed by atoms with Crippen LogP contribution in [0.1, 0.15) is 39.2 Å². The Morgan fingerprint density at radius 1 is 0.880 bits per heavy atom. The largest absolute Gasteiger partial charge is 0.493 e. The molecular weight excluding hydrogens is 314 g/mol. The topological polar surface area (TPSA) is 47.6 Å². The van der Waals surface area contributed by atoms with Gasteiger partial charge in [-0.1, -0.05) is 39.8 Å². The number of rotatable bonds is 8. The number of anilines is 1. The zero-order valence-corrected chi connectivity index (χ0v) is 15.4. The first-order chi connectivity index (χ1) is 11.9. The molecule has 4 nitrogen and oxygen atoms in total. The molecule has 2 aromatic rings. The Hall–Kier alpha value is -2.49. The van der Waals surface area contributed by atoms with Crippen molar-refractivity contribution in [2.24, 2.45) is 5.92 Å². The third kappa shape index (κ3) is 6.49. The molecule has 0 aliphatic carbocycles. The van der Waals surface area contributed by atoms with E-state index in [2.05, 4.69) is 33.0 Å². The number of hydrogen-bond donors (Lipinski definition) is 1. The van der Waals surface area contributed by atoms with Gasteiger partial charge in [0.2, 0.25) is 0 Å². The van der Waals surface area contributed by atoms with Crippen LogP contribution in [-0.2, 0) is 4.79 Å². The van der Waals surface area contributed by atoms with Crippen molar-refractivity contribution in [3.05, 3.63) is 54.1 Å². The summed E-state index contributed by atoms with van der Waals surface area (Å²) in [4.78, 5) is 12.0. The number of benzene rings is 2. The summed E-state index contributed by atoms with van der Waals surface area (Å²) in [5.41, 5.74) is 1.97. The van der Waals surface area contributed by atoms with Gasteiger partial charge in [-0.25, -0.2) is 0 Å². The minimum Gasteiger partial charge on any atom is -0.493 e. The van der Waals surface area contributed by atoms with Crippen LogP contribution < -0.4 is 14.8 Å². The Morgan fingerprint density at radius 2 is 1.44 bits per heavy atom. The zero-order chi connectivity index (χ0) is 18.2. The second-order valence-electron chi connectivity index (χ2n) is 6.79. The highest BCUT2D eigenvalue weighted by atomic mass is 16.5. The molecule has 0 aromatic heterocycles. The van der Waals surface area contributed by atoms with Crippen LogP contribution in [0, 0.1) is 5.92 Å². The third-order valence-corrected chi connectivity index (χ3v) is 3.64. The van der Waals surface area contributed by atoms with Crippen LogP contribution in [0.15, 0.2) is 48.5 Å². The smallest absolute Gasteiger partial charge is 0.262 e. The standard InChI is InChI=1S/C21H27NO3/c1-15(2)13-24-20-11-7-18(8-12-20)22-21(23)14-25-19-9-5-17(6-10-19)16(3)4/h5-12,15-16H,13-14H2,1-4H3,(H,22,23).